The molecular weight excluding hydrogens is 110 g/mol. The first-order valence-electron chi connectivity index (χ1n) is 2.31. The lowest BCUT2D eigenvalue weighted by molar-refractivity contribution is 0.168. The summed E-state index contributed by atoms with van der Waals surface area (Å²) in [5.41, 5.74) is 0.264. The monoisotopic (exact) mass is 119 g/mol. The normalized spacial score (nSPS) is 31.3. The second-order valence-electron chi connectivity index (χ2n) is 1.39. The summed E-state index contributed by atoms with van der Waals surface area (Å²) < 4.78 is 5.15. The molecule has 1 atom stereocenters. The van der Waals surface area contributed by atoms with Crippen LogP contribution < -0.4 is 5.32 Å². The van der Waals surface area contributed by atoms with Crippen LogP contribution in [0.25, 0.3) is 0 Å². The van der Waals surface area contributed by atoms with E-state index in [4.69, 9.17) is 4.74 Å². The second kappa shape index (κ2) is 2.55. The van der Waals surface area contributed by atoms with E-state index in [9.17, 15) is 0 Å². The predicted octanol–water partition coefficient (Wildman–Crippen LogP) is 0.253. The van der Waals surface area contributed by atoms with Gasteiger partial charge in [-0.3, -0.25) is 5.32 Å². The standard InChI is InChI=1S/C4H9NOS/c1-7-4-5-2-3-6-4/h4-5H,2-3H2,1H3. The summed E-state index contributed by atoms with van der Waals surface area (Å²) in [6, 6.07) is 0. The minimum atomic E-state index is 0.264. The van der Waals surface area contributed by atoms with Crippen molar-refractivity contribution in [2.45, 2.75) is 5.56 Å². The van der Waals surface area contributed by atoms with E-state index in [1.54, 1.807) is 11.8 Å². The number of nitrogens with one attached hydrogen (secondary N) is 1. The van der Waals surface area contributed by atoms with Crippen LogP contribution >= 0.6 is 11.8 Å². The van der Waals surface area contributed by atoms with Gasteiger partial charge in [-0.05, 0) is 6.26 Å². The molecule has 1 N–H and O–H groups in total. The van der Waals surface area contributed by atoms with Crippen LogP contribution in [0.15, 0.2) is 0 Å². The molecule has 0 bridgehead atoms. The van der Waals surface area contributed by atoms with E-state index in [2.05, 4.69) is 5.32 Å². The first kappa shape index (κ1) is 5.41. The van der Waals surface area contributed by atoms with Gasteiger partial charge in [0.2, 0.25) is 0 Å². The predicted molar refractivity (Wildman–Crippen MR) is 31.3 cm³/mol. The highest BCUT2D eigenvalue weighted by molar-refractivity contribution is 7.99. The van der Waals surface area contributed by atoms with E-state index in [0.717, 1.165) is 13.2 Å². The molecule has 1 rings (SSSR count). The van der Waals surface area contributed by atoms with Gasteiger partial charge in [0.25, 0.3) is 0 Å². The highest BCUT2D eigenvalue weighted by Gasteiger charge is 2.10. The van der Waals surface area contributed by atoms with Gasteiger partial charge in [0, 0.05) is 6.54 Å². The molecule has 0 aromatic carbocycles. The van der Waals surface area contributed by atoms with Crippen LogP contribution in [0.4, 0.5) is 0 Å². The van der Waals surface area contributed by atoms with Crippen molar-refractivity contribution in [3.63, 3.8) is 0 Å². The van der Waals surface area contributed by atoms with Crippen LogP contribution in [0.3, 0.4) is 0 Å². The van der Waals surface area contributed by atoms with Gasteiger partial charge in [0.05, 0.1) is 6.61 Å². The van der Waals surface area contributed by atoms with Crippen LogP contribution in [0.5, 0.6) is 0 Å². The van der Waals surface area contributed by atoms with Crippen molar-refractivity contribution in [2.24, 2.45) is 0 Å². The minimum absolute atomic E-state index is 0.264. The number of hydrogen-bond acceptors (Lipinski definition) is 3. The molecule has 1 unspecified atom stereocenters. The van der Waals surface area contributed by atoms with Gasteiger partial charge in [0.1, 0.15) is 0 Å². The zero-order chi connectivity index (χ0) is 5.11. The average molecular weight is 119 g/mol. The summed E-state index contributed by atoms with van der Waals surface area (Å²) in [6.07, 6.45) is 2.03. The van der Waals surface area contributed by atoms with Crippen LogP contribution in [0.1, 0.15) is 0 Å². The maximum atomic E-state index is 5.15. The molecule has 0 saturated carbocycles. The summed E-state index contributed by atoms with van der Waals surface area (Å²) in [4.78, 5) is 0. The van der Waals surface area contributed by atoms with Crippen molar-refractivity contribution in [3.05, 3.63) is 0 Å². The van der Waals surface area contributed by atoms with Crippen molar-refractivity contribution in [2.75, 3.05) is 19.4 Å². The molecule has 7 heavy (non-hydrogen) atoms. The molecule has 1 aliphatic rings. The van der Waals surface area contributed by atoms with E-state index in [1.807, 2.05) is 6.26 Å². The average Bonchev–Trinajstić information content (AvgIpc) is 2.14. The molecule has 0 amide bonds. The van der Waals surface area contributed by atoms with Crippen molar-refractivity contribution in [1.82, 2.24) is 5.32 Å². The van der Waals surface area contributed by atoms with Gasteiger partial charge in [-0.2, -0.15) is 0 Å². The third-order valence-corrected chi connectivity index (χ3v) is 1.63. The van der Waals surface area contributed by atoms with Crippen LogP contribution in [-0.4, -0.2) is 25.0 Å². The van der Waals surface area contributed by atoms with Gasteiger partial charge in [-0.15, -0.1) is 11.8 Å². The molecule has 0 aromatic heterocycles. The Morgan fingerprint density at radius 2 is 2.71 bits per heavy atom. The smallest absolute Gasteiger partial charge is 0.156 e. The van der Waals surface area contributed by atoms with E-state index in [0.29, 0.717) is 0 Å². The number of rotatable bonds is 1. The Kier molecular flexibility index (Phi) is 1.97. The number of hydrogen-bond donors (Lipinski definition) is 1. The fraction of sp³-hybridized carbons (Fsp3) is 1.00. The Balaban J connectivity index is 2.14. The van der Waals surface area contributed by atoms with Crippen molar-refractivity contribution < 1.29 is 4.74 Å². The summed E-state index contributed by atoms with van der Waals surface area (Å²) >= 11 is 1.70. The van der Waals surface area contributed by atoms with Crippen LogP contribution in [-0.2, 0) is 4.74 Å². The van der Waals surface area contributed by atoms with Gasteiger partial charge in [0.15, 0.2) is 5.56 Å². The summed E-state index contributed by atoms with van der Waals surface area (Å²) in [7, 11) is 0. The second-order valence-corrected chi connectivity index (χ2v) is 2.29. The zero-order valence-electron chi connectivity index (χ0n) is 4.31. The maximum absolute atomic E-state index is 5.15. The lowest BCUT2D eigenvalue weighted by Gasteiger charge is -2.02. The van der Waals surface area contributed by atoms with Crippen molar-refractivity contribution in [3.8, 4) is 0 Å². The molecular formula is C4H9NOS. The largest absolute Gasteiger partial charge is 0.353 e. The van der Waals surface area contributed by atoms with Crippen LogP contribution in [0.2, 0.25) is 0 Å². The Morgan fingerprint density at radius 1 is 1.86 bits per heavy atom. The molecule has 42 valence electrons. The summed E-state index contributed by atoms with van der Waals surface area (Å²) in [5.74, 6) is 0. The highest BCUT2D eigenvalue weighted by atomic mass is 32.2. The Labute approximate surface area is 47.6 Å². The van der Waals surface area contributed by atoms with Crippen molar-refractivity contribution in [1.29, 1.82) is 0 Å². The molecule has 1 fully saturated rings. The van der Waals surface area contributed by atoms with E-state index < -0.39 is 0 Å². The third kappa shape index (κ3) is 1.33. The lowest BCUT2D eigenvalue weighted by atomic mass is 10.7. The minimum Gasteiger partial charge on any atom is -0.353 e. The Morgan fingerprint density at radius 3 is 3.00 bits per heavy atom. The van der Waals surface area contributed by atoms with Gasteiger partial charge >= 0.3 is 0 Å². The number of ether oxygens (including phenoxy) is 1. The van der Waals surface area contributed by atoms with E-state index in [-0.39, 0.29) is 5.56 Å². The topological polar surface area (TPSA) is 21.3 Å². The molecule has 0 radical (unpaired) electrons. The summed E-state index contributed by atoms with van der Waals surface area (Å²) in [5, 5.41) is 3.15. The van der Waals surface area contributed by atoms with E-state index >= 15 is 0 Å². The Hall–Kier alpha value is 0.270. The number of thioether (sulfide) groups is 1. The van der Waals surface area contributed by atoms with Crippen LogP contribution in [0, 0.1) is 0 Å². The van der Waals surface area contributed by atoms with Gasteiger partial charge < -0.3 is 4.74 Å². The SMILES string of the molecule is CSC1NCCO1. The Bertz CT molecular complexity index is 53.7. The molecule has 0 aliphatic carbocycles. The first-order chi connectivity index (χ1) is 3.43. The fourth-order valence-electron chi connectivity index (χ4n) is 0.553. The van der Waals surface area contributed by atoms with E-state index in [1.165, 1.54) is 0 Å². The van der Waals surface area contributed by atoms with Gasteiger partial charge in [-0.1, -0.05) is 0 Å². The quantitative estimate of drug-likeness (QED) is 0.534. The lowest BCUT2D eigenvalue weighted by Crippen LogP contribution is -2.17. The highest BCUT2D eigenvalue weighted by Crippen LogP contribution is 2.07. The summed E-state index contributed by atoms with van der Waals surface area (Å²) in [6.45, 7) is 1.87. The first-order valence-corrected chi connectivity index (χ1v) is 3.60. The molecule has 0 aromatic rings. The molecule has 1 heterocycles. The molecule has 1 saturated heterocycles. The van der Waals surface area contributed by atoms with Crippen molar-refractivity contribution >= 4 is 11.8 Å². The molecule has 2 nitrogen and oxygen atoms in total. The molecule has 3 heteroatoms. The fourth-order valence-corrected chi connectivity index (χ4v) is 1.07. The maximum Gasteiger partial charge on any atom is 0.156 e. The third-order valence-electron chi connectivity index (χ3n) is 0.896. The van der Waals surface area contributed by atoms with Gasteiger partial charge in [-0.25, -0.2) is 0 Å². The molecule has 0 spiro atoms. The zero-order valence-corrected chi connectivity index (χ0v) is 5.12. The molecule has 1 aliphatic heterocycles.